The van der Waals surface area contributed by atoms with Crippen LogP contribution in [0.25, 0.3) is 0 Å². The zero-order valence-electron chi connectivity index (χ0n) is 9.08. The van der Waals surface area contributed by atoms with Gasteiger partial charge in [0.15, 0.2) is 0 Å². The summed E-state index contributed by atoms with van der Waals surface area (Å²) < 4.78 is 0. The number of rotatable bonds is 6. The van der Waals surface area contributed by atoms with E-state index in [1.54, 1.807) is 0 Å². The minimum Gasteiger partial charge on any atom is -0.316 e. The van der Waals surface area contributed by atoms with Crippen molar-refractivity contribution in [2.24, 2.45) is 10.8 Å². The molecular formula is C10H21Cl2N. The Kier molecular flexibility index (Phi) is 5.65. The molecule has 0 aromatic rings. The summed E-state index contributed by atoms with van der Waals surface area (Å²) in [6.45, 7) is 10.5. The molecule has 1 nitrogen and oxygen atoms in total. The SMILES string of the molecule is CC(C)(CCl)CNCC(C)(C)CCl. The Bertz CT molecular complexity index is 128. The van der Waals surface area contributed by atoms with Gasteiger partial charge >= 0.3 is 0 Å². The Balaban J connectivity index is 3.68. The normalized spacial score (nSPS) is 13.4. The summed E-state index contributed by atoms with van der Waals surface area (Å²) in [5.74, 6) is 1.36. The van der Waals surface area contributed by atoms with Crippen LogP contribution < -0.4 is 5.32 Å². The third-order valence-corrected chi connectivity index (χ3v) is 3.38. The molecule has 0 aromatic heterocycles. The van der Waals surface area contributed by atoms with Crippen LogP contribution in [0.15, 0.2) is 0 Å². The molecule has 0 atom stereocenters. The third kappa shape index (κ3) is 6.59. The Labute approximate surface area is 92.2 Å². The van der Waals surface area contributed by atoms with Crippen molar-refractivity contribution < 1.29 is 0 Å². The van der Waals surface area contributed by atoms with Gasteiger partial charge in [-0.1, -0.05) is 27.7 Å². The lowest BCUT2D eigenvalue weighted by Gasteiger charge is -2.27. The Morgan fingerprint density at radius 1 is 0.846 bits per heavy atom. The highest BCUT2D eigenvalue weighted by molar-refractivity contribution is 6.18. The number of hydrogen-bond acceptors (Lipinski definition) is 1. The summed E-state index contributed by atoms with van der Waals surface area (Å²) in [6.07, 6.45) is 0. The second-order valence-corrected chi connectivity index (χ2v) is 5.73. The van der Waals surface area contributed by atoms with E-state index in [4.69, 9.17) is 23.2 Å². The van der Waals surface area contributed by atoms with Crippen LogP contribution in [0.3, 0.4) is 0 Å². The van der Waals surface area contributed by atoms with Gasteiger partial charge < -0.3 is 5.32 Å². The lowest BCUT2D eigenvalue weighted by Crippen LogP contribution is -2.37. The van der Waals surface area contributed by atoms with E-state index < -0.39 is 0 Å². The van der Waals surface area contributed by atoms with Gasteiger partial charge in [0.05, 0.1) is 0 Å². The summed E-state index contributed by atoms with van der Waals surface area (Å²) in [5.41, 5.74) is 0.341. The average Bonchev–Trinajstić information content (AvgIpc) is 2.04. The van der Waals surface area contributed by atoms with E-state index in [9.17, 15) is 0 Å². The summed E-state index contributed by atoms with van der Waals surface area (Å²) in [4.78, 5) is 0. The van der Waals surface area contributed by atoms with E-state index in [2.05, 4.69) is 33.0 Å². The predicted octanol–water partition coefficient (Wildman–Crippen LogP) is 3.11. The largest absolute Gasteiger partial charge is 0.316 e. The van der Waals surface area contributed by atoms with E-state index in [1.165, 1.54) is 0 Å². The predicted molar refractivity (Wildman–Crippen MR) is 61.9 cm³/mol. The van der Waals surface area contributed by atoms with Gasteiger partial charge in [0.2, 0.25) is 0 Å². The van der Waals surface area contributed by atoms with Gasteiger partial charge in [-0.05, 0) is 10.8 Å². The highest BCUT2D eigenvalue weighted by Crippen LogP contribution is 2.18. The van der Waals surface area contributed by atoms with Crippen LogP contribution in [0.5, 0.6) is 0 Å². The second-order valence-electron chi connectivity index (χ2n) is 5.20. The smallest absolute Gasteiger partial charge is 0.0286 e. The lowest BCUT2D eigenvalue weighted by molar-refractivity contribution is 0.327. The van der Waals surface area contributed by atoms with Crippen LogP contribution in [0.2, 0.25) is 0 Å². The van der Waals surface area contributed by atoms with Gasteiger partial charge in [0.25, 0.3) is 0 Å². The first kappa shape index (κ1) is 13.5. The van der Waals surface area contributed by atoms with Crippen molar-refractivity contribution >= 4 is 23.2 Å². The molecule has 80 valence electrons. The van der Waals surface area contributed by atoms with Crippen LogP contribution in [0.1, 0.15) is 27.7 Å². The van der Waals surface area contributed by atoms with E-state index >= 15 is 0 Å². The van der Waals surface area contributed by atoms with Gasteiger partial charge in [0.1, 0.15) is 0 Å². The van der Waals surface area contributed by atoms with Crippen LogP contribution in [-0.2, 0) is 0 Å². The molecule has 0 aliphatic rings. The third-order valence-electron chi connectivity index (χ3n) is 1.93. The fourth-order valence-electron chi connectivity index (χ4n) is 0.834. The van der Waals surface area contributed by atoms with Crippen molar-refractivity contribution in [3.8, 4) is 0 Å². The molecule has 0 amide bonds. The van der Waals surface area contributed by atoms with Crippen molar-refractivity contribution in [2.45, 2.75) is 27.7 Å². The molecule has 0 rings (SSSR count). The van der Waals surface area contributed by atoms with Crippen molar-refractivity contribution in [2.75, 3.05) is 24.8 Å². The molecule has 0 saturated heterocycles. The zero-order chi connectivity index (χ0) is 10.5. The molecule has 1 N–H and O–H groups in total. The van der Waals surface area contributed by atoms with Crippen LogP contribution in [0, 0.1) is 10.8 Å². The van der Waals surface area contributed by atoms with Gasteiger partial charge in [-0.25, -0.2) is 0 Å². The van der Waals surface area contributed by atoms with Crippen molar-refractivity contribution in [3.63, 3.8) is 0 Å². The van der Waals surface area contributed by atoms with Gasteiger partial charge in [0, 0.05) is 24.8 Å². The highest BCUT2D eigenvalue weighted by Gasteiger charge is 2.19. The molecule has 0 aliphatic heterocycles. The van der Waals surface area contributed by atoms with Gasteiger partial charge in [-0.2, -0.15) is 0 Å². The molecule has 0 saturated carbocycles. The zero-order valence-corrected chi connectivity index (χ0v) is 10.6. The molecule has 0 fully saturated rings. The Morgan fingerprint density at radius 3 is 1.38 bits per heavy atom. The first-order valence-corrected chi connectivity index (χ1v) is 5.72. The molecule has 13 heavy (non-hydrogen) atoms. The summed E-state index contributed by atoms with van der Waals surface area (Å²) in [7, 11) is 0. The maximum Gasteiger partial charge on any atom is 0.0286 e. The Hall–Kier alpha value is 0.540. The maximum atomic E-state index is 5.81. The summed E-state index contributed by atoms with van der Waals surface area (Å²) >= 11 is 11.6. The van der Waals surface area contributed by atoms with E-state index in [-0.39, 0.29) is 10.8 Å². The topological polar surface area (TPSA) is 12.0 Å². The number of hydrogen-bond donors (Lipinski definition) is 1. The Morgan fingerprint density at radius 2 is 1.15 bits per heavy atom. The van der Waals surface area contributed by atoms with Crippen molar-refractivity contribution in [1.29, 1.82) is 0 Å². The fourth-order valence-corrected chi connectivity index (χ4v) is 1.02. The van der Waals surface area contributed by atoms with Crippen molar-refractivity contribution in [3.05, 3.63) is 0 Å². The standard InChI is InChI=1S/C10H21Cl2N/c1-9(2,5-11)7-13-8-10(3,4)6-12/h13H,5-8H2,1-4H3. The second kappa shape index (κ2) is 5.43. The molecule has 0 radical (unpaired) electrons. The maximum absolute atomic E-state index is 5.81. The molecule has 0 aromatic carbocycles. The fraction of sp³-hybridized carbons (Fsp3) is 1.00. The van der Waals surface area contributed by atoms with Crippen LogP contribution in [-0.4, -0.2) is 24.8 Å². The minimum absolute atomic E-state index is 0.171. The summed E-state index contributed by atoms with van der Waals surface area (Å²) in [5, 5.41) is 3.40. The molecule has 0 bridgehead atoms. The van der Waals surface area contributed by atoms with Gasteiger partial charge in [-0.3, -0.25) is 0 Å². The first-order chi connectivity index (χ1) is 5.83. The molecule has 0 spiro atoms. The van der Waals surface area contributed by atoms with E-state index in [0.29, 0.717) is 11.8 Å². The molecular weight excluding hydrogens is 205 g/mol. The molecule has 0 heterocycles. The molecule has 3 heteroatoms. The van der Waals surface area contributed by atoms with Gasteiger partial charge in [-0.15, -0.1) is 23.2 Å². The lowest BCUT2D eigenvalue weighted by atomic mass is 9.93. The average molecular weight is 226 g/mol. The van der Waals surface area contributed by atoms with E-state index in [1.807, 2.05) is 0 Å². The quantitative estimate of drug-likeness (QED) is 0.686. The highest BCUT2D eigenvalue weighted by atomic mass is 35.5. The summed E-state index contributed by atoms with van der Waals surface area (Å²) in [6, 6.07) is 0. The van der Waals surface area contributed by atoms with Crippen LogP contribution >= 0.6 is 23.2 Å². The van der Waals surface area contributed by atoms with Crippen LogP contribution in [0.4, 0.5) is 0 Å². The van der Waals surface area contributed by atoms with E-state index in [0.717, 1.165) is 13.1 Å². The van der Waals surface area contributed by atoms with Crippen molar-refractivity contribution in [1.82, 2.24) is 5.32 Å². The number of halogens is 2. The monoisotopic (exact) mass is 225 g/mol. The number of nitrogens with one attached hydrogen (secondary N) is 1. The minimum atomic E-state index is 0.171. The molecule has 0 aliphatic carbocycles. The molecule has 0 unspecified atom stereocenters. The first-order valence-electron chi connectivity index (χ1n) is 4.66. The number of alkyl halides is 2.